The molecule has 0 nitrogen and oxygen atoms in total. The van der Waals surface area contributed by atoms with E-state index in [1.165, 1.54) is 12.5 Å². The molecule has 0 aliphatic carbocycles. The zero-order chi connectivity index (χ0) is 11.1. The van der Waals surface area contributed by atoms with Crippen LogP contribution in [0, 0.1) is 11.8 Å². The van der Waals surface area contributed by atoms with Crippen LogP contribution in [0.25, 0.3) is 0 Å². The summed E-state index contributed by atoms with van der Waals surface area (Å²) in [5.74, 6) is 6.44. The zero-order valence-corrected chi connectivity index (χ0v) is 11.0. The van der Waals surface area contributed by atoms with Gasteiger partial charge in [0.2, 0.25) is 0 Å². The van der Waals surface area contributed by atoms with Gasteiger partial charge in [0.15, 0.2) is 0 Å². The van der Waals surface area contributed by atoms with E-state index in [0.29, 0.717) is 0 Å². The molecule has 0 amide bonds. The maximum atomic E-state index is 3.25. The van der Waals surface area contributed by atoms with Crippen molar-refractivity contribution in [1.29, 1.82) is 0 Å². The molecule has 15 heavy (non-hydrogen) atoms. The highest BCUT2D eigenvalue weighted by atomic mass is 28.3. The van der Waals surface area contributed by atoms with Crippen LogP contribution in [0.2, 0.25) is 25.7 Å². The second-order valence-electron chi connectivity index (χ2n) is 5.08. The van der Waals surface area contributed by atoms with Crippen molar-refractivity contribution in [3.8, 4) is 11.8 Å². The zero-order valence-electron chi connectivity index (χ0n) is 10.0. The largest absolute Gasteiger partial charge is 0.0979 e. The summed E-state index contributed by atoms with van der Waals surface area (Å²) in [5.41, 5.74) is 1.13. The molecule has 1 rings (SSSR count). The average Bonchev–Trinajstić information content (AvgIpc) is 2.17. The van der Waals surface area contributed by atoms with Crippen LogP contribution >= 0.6 is 0 Å². The Bertz CT molecular complexity index is 335. The molecule has 80 valence electrons. The van der Waals surface area contributed by atoms with Gasteiger partial charge in [-0.1, -0.05) is 55.7 Å². The van der Waals surface area contributed by atoms with Crippen molar-refractivity contribution in [3.63, 3.8) is 0 Å². The molecule has 0 aliphatic rings. The summed E-state index contributed by atoms with van der Waals surface area (Å²) in [4.78, 5) is 0. The molecular formula is C14H20Si. The van der Waals surface area contributed by atoms with Crippen molar-refractivity contribution in [1.82, 2.24) is 0 Å². The van der Waals surface area contributed by atoms with Crippen molar-refractivity contribution in [2.24, 2.45) is 0 Å². The van der Waals surface area contributed by atoms with Gasteiger partial charge in [-0.05, 0) is 18.6 Å². The molecule has 0 N–H and O–H groups in total. The summed E-state index contributed by atoms with van der Waals surface area (Å²) in [6.07, 6.45) is 2.30. The predicted octanol–water partition coefficient (Wildman–Crippen LogP) is 4.16. The van der Waals surface area contributed by atoms with Crippen LogP contribution in [-0.4, -0.2) is 8.07 Å². The Morgan fingerprint density at radius 2 is 1.73 bits per heavy atom. The first-order valence-corrected chi connectivity index (χ1v) is 9.32. The van der Waals surface area contributed by atoms with Crippen LogP contribution in [0.1, 0.15) is 18.4 Å². The number of benzene rings is 1. The summed E-state index contributed by atoms with van der Waals surface area (Å²) in [6, 6.07) is 11.6. The first kappa shape index (κ1) is 12.1. The quantitative estimate of drug-likeness (QED) is 0.404. The monoisotopic (exact) mass is 216 g/mol. The summed E-state index contributed by atoms with van der Waals surface area (Å²) in [6.45, 7) is 7.24. The predicted molar refractivity (Wildman–Crippen MR) is 70.7 cm³/mol. The van der Waals surface area contributed by atoms with Crippen molar-refractivity contribution >= 4 is 8.07 Å². The van der Waals surface area contributed by atoms with Crippen LogP contribution in [0.4, 0.5) is 0 Å². The van der Waals surface area contributed by atoms with Crippen LogP contribution in [-0.2, 0) is 0 Å². The minimum atomic E-state index is -0.854. The normalized spacial score (nSPS) is 10.6. The molecule has 0 radical (unpaired) electrons. The lowest BCUT2D eigenvalue weighted by Gasteiger charge is -2.13. The number of hydrogen-bond donors (Lipinski definition) is 0. The van der Waals surface area contributed by atoms with E-state index in [9.17, 15) is 0 Å². The highest BCUT2D eigenvalue weighted by Gasteiger charge is 2.10. The van der Waals surface area contributed by atoms with Gasteiger partial charge in [-0.15, -0.1) is 0 Å². The Labute approximate surface area is 94.7 Å². The summed E-state index contributed by atoms with van der Waals surface area (Å²) in [5, 5.41) is 0. The van der Waals surface area contributed by atoms with Gasteiger partial charge >= 0.3 is 0 Å². The Balaban J connectivity index is 2.30. The minimum absolute atomic E-state index is 0.854. The smallest absolute Gasteiger partial charge is 0.0443 e. The molecule has 0 unspecified atom stereocenters. The summed E-state index contributed by atoms with van der Waals surface area (Å²) in [7, 11) is -0.854. The van der Waals surface area contributed by atoms with Crippen LogP contribution in [0.3, 0.4) is 0 Å². The Morgan fingerprint density at radius 3 is 2.33 bits per heavy atom. The highest BCUT2D eigenvalue weighted by Crippen LogP contribution is 2.12. The molecule has 1 aromatic carbocycles. The van der Waals surface area contributed by atoms with Crippen molar-refractivity contribution in [2.45, 2.75) is 38.5 Å². The maximum absolute atomic E-state index is 3.25. The van der Waals surface area contributed by atoms with E-state index < -0.39 is 8.07 Å². The van der Waals surface area contributed by atoms with E-state index in [-0.39, 0.29) is 0 Å². The summed E-state index contributed by atoms with van der Waals surface area (Å²) >= 11 is 0. The van der Waals surface area contributed by atoms with Crippen LogP contribution < -0.4 is 0 Å². The molecular weight excluding hydrogens is 196 g/mol. The lowest BCUT2D eigenvalue weighted by molar-refractivity contribution is 0.956. The van der Waals surface area contributed by atoms with Gasteiger partial charge in [0.25, 0.3) is 0 Å². The molecule has 0 atom stereocenters. The SMILES string of the molecule is C[Si](C)(C)CCCC#Cc1ccccc1. The van der Waals surface area contributed by atoms with Crippen molar-refractivity contribution < 1.29 is 0 Å². The average molecular weight is 216 g/mol. The standard InChI is InChI=1S/C14H20Si/c1-15(2,3)13-9-5-8-12-14-10-6-4-7-11-14/h4,6-7,10-11H,5,9,13H2,1-3H3. The number of unbranched alkanes of at least 4 members (excludes halogenated alkanes) is 1. The minimum Gasteiger partial charge on any atom is -0.0979 e. The molecule has 0 aromatic heterocycles. The molecule has 1 heteroatoms. The highest BCUT2D eigenvalue weighted by molar-refractivity contribution is 6.76. The first-order chi connectivity index (χ1) is 7.08. The Kier molecular flexibility index (Phi) is 4.65. The Morgan fingerprint density at radius 1 is 1.07 bits per heavy atom. The number of rotatable bonds is 3. The first-order valence-electron chi connectivity index (χ1n) is 5.62. The topological polar surface area (TPSA) is 0 Å². The maximum Gasteiger partial charge on any atom is 0.0443 e. The van der Waals surface area contributed by atoms with Gasteiger partial charge in [-0.3, -0.25) is 0 Å². The molecule has 0 saturated heterocycles. The molecule has 0 heterocycles. The van der Waals surface area contributed by atoms with Gasteiger partial charge in [-0.2, -0.15) is 0 Å². The molecule has 0 bridgehead atoms. The van der Waals surface area contributed by atoms with Crippen LogP contribution in [0.5, 0.6) is 0 Å². The van der Waals surface area contributed by atoms with E-state index in [0.717, 1.165) is 12.0 Å². The third kappa shape index (κ3) is 6.14. The molecule has 0 fully saturated rings. The Hall–Kier alpha value is -1.00. The summed E-state index contributed by atoms with van der Waals surface area (Å²) < 4.78 is 0. The molecule has 0 saturated carbocycles. The third-order valence-electron chi connectivity index (χ3n) is 2.24. The number of hydrogen-bond acceptors (Lipinski definition) is 0. The van der Waals surface area contributed by atoms with Gasteiger partial charge < -0.3 is 0 Å². The second kappa shape index (κ2) is 5.78. The van der Waals surface area contributed by atoms with Gasteiger partial charge in [0.1, 0.15) is 0 Å². The van der Waals surface area contributed by atoms with Crippen molar-refractivity contribution in [3.05, 3.63) is 35.9 Å². The van der Waals surface area contributed by atoms with Gasteiger partial charge in [0.05, 0.1) is 0 Å². The molecule has 0 spiro atoms. The molecule has 0 aliphatic heterocycles. The van der Waals surface area contributed by atoms with E-state index in [1.54, 1.807) is 0 Å². The van der Waals surface area contributed by atoms with E-state index >= 15 is 0 Å². The second-order valence-corrected chi connectivity index (χ2v) is 10.7. The van der Waals surface area contributed by atoms with E-state index in [1.807, 2.05) is 18.2 Å². The van der Waals surface area contributed by atoms with Gasteiger partial charge in [0, 0.05) is 20.1 Å². The fourth-order valence-corrected chi connectivity index (χ4v) is 2.63. The molecule has 1 aromatic rings. The lowest BCUT2D eigenvalue weighted by Crippen LogP contribution is -2.18. The van der Waals surface area contributed by atoms with E-state index in [4.69, 9.17) is 0 Å². The lowest BCUT2D eigenvalue weighted by atomic mass is 10.2. The third-order valence-corrected chi connectivity index (χ3v) is 4.09. The van der Waals surface area contributed by atoms with E-state index in [2.05, 4.69) is 43.6 Å². The fourth-order valence-electron chi connectivity index (χ4n) is 1.39. The van der Waals surface area contributed by atoms with Gasteiger partial charge in [-0.25, -0.2) is 0 Å². The fraction of sp³-hybridized carbons (Fsp3) is 0.429. The van der Waals surface area contributed by atoms with Crippen molar-refractivity contribution in [2.75, 3.05) is 0 Å². The van der Waals surface area contributed by atoms with Crippen LogP contribution in [0.15, 0.2) is 30.3 Å².